The van der Waals surface area contributed by atoms with Crippen LogP contribution < -0.4 is 5.73 Å². The quantitative estimate of drug-likeness (QED) is 0.874. The minimum atomic E-state index is -0.0654. The van der Waals surface area contributed by atoms with E-state index in [0.717, 1.165) is 23.3 Å². The van der Waals surface area contributed by atoms with E-state index in [4.69, 9.17) is 10.5 Å². The number of aryl methyl sites for hydroxylation is 1. The summed E-state index contributed by atoms with van der Waals surface area (Å²) in [5.41, 5.74) is 7.14. The second-order valence-electron chi connectivity index (χ2n) is 4.05. The predicted octanol–water partition coefficient (Wildman–Crippen LogP) is 1.00. The first-order valence-corrected chi connectivity index (χ1v) is 5.81. The topological polar surface area (TPSA) is 66.0 Å². The number of halogens is 1. The Hall–Kier alpha value is -0.460. The highest BCUT2D eigenvalue weighted by Gasteiger charge is 2.31. The minimum Gasteiger partial charge on any atom is -0.378 e. The zero-order valence-electron chi connectivity index (χ0n) is 8.85. The van der Waals surface area contributed by atoms with Crippen molar-refractivity contribution in [1.29, 1.82) is 0 Å². The van der Waals surface area contributed by atoms with Gasteiger partial charge in [0.1, 0.15) is 0 Å². The highest BCUT2D eigenvalue weighted by Crippen LogP contribution is 2.31. The first-order chi connectivity index (χ1) is 7.09. The molecular weight excluding hydrogens is 260 g/mol. The fourth-order valence-corrected chi connectivity index (χ4v) is 2.61. The van der Waals surface area contributed by atoms with Crippen LogP contribution in [0.2, 0.25) is 0 Å². The zero-order chi connectivity index (χ0) is 11.0. The SMILES string of the molecule is CC1CC(C(N)c2c(Br)nnn2C)CO1. The smallest absolute Gasteiger partial charge is 0.153 e. The fourth-order valence-electron chi connectivity index (χ4n) is 2.02. The van der Waals surface area contributed by atoms with Gasteiger partial charge in [0.05, 0.1) is 24.4 Å². The van der Waals surface area contributed by atoms with Gasteiger partial charge in [0.25, 0.3) is 0 Å². The second kappa shape index (κ2) is 4.19. The molecule has 15 heavy (non-hydrogen) atoms. The van der Waals surface area contributed by atoms with E-state index in [2.05, 4.69) is 33.2 Å². The first-order valence-electron chi connectivity index (χ1n) is 5.02. The summed E-state index contributed by atoms with van der Waals surface area (Å²) < 4.78 is 7.97. The molecule has 2 heterocycles. The highest BCUT2D eigenvalue weighted by atomic mass is 79.9. The molecule has 0 saturated carbocycles. The van der Waals surface area contributed by atoms with Gasteiger partial charge in [-0.2, -0.15) is 0 Å². The van der Waals surface area contributed by atoms with E-state index in [9.17, 15) is 0 Å². The van der Waals surface area contributed by atoms with Crippen molar-refractivity contribution in [3.63, 3.8) is 0 Å². The van der Waals surface area contributed by atoms with Crippen molar-refractivity contribution in [3.8, 4) is 0 Å². The summed E-state index contributed by atoms with van der Waals surface area (Å²) in [6.45, 7) is 2.79. The Bertz CT molecular complexity index is 334. The number of hydrogen-bond donors (Lipinski definition) is 1. The van der Waals surface area contributed by atoms with E-state index in [1.807, 2.05) is 7.05 Å². The molecule has 2 rings (SSSR count). The van der Waals surface area contributed by atoms with Gasteiger partial charge >= 0.3 is 0 Å². The minimum absolute atomic E-state index is 0.0654. The molecule has 1 aromatic rings. The van der Waals surface area contributed by atoms with Crippen LogP contribution in [0.4, 0.5) is 0 Å². The summed E-state index contributed by atoms with van der Waals surface area (Å²) in [4.78, 5) is 0. The van der Waals surface area contributed by atoms with Crippen molar-refractivity contribution in [1.82, 2.24) is 15.0 Å². The molecule has 84 valence electrons. The maximum Gasteiger partial charge on any atom is 0.153 e. The van der Waals surface area contributed by atoms with Gasteiger partial charge in [0, 0.05) is 13.0 Å². The predicted molar refractivity (Wildman–Crippen MR) is 59.2 cm³/mol. The van der Waals surface area contributed by atoms with Crippen LogP contribution in [-0.2, 0) is 11.8 Å². The van der Waals surface area contributed by atoms with Crippen molar-refractivity contribution in [2.24, 2.45) is 18.7 Å². The van der Waals surface area contributed by atoms with Gasteiger partial charge in [-0.15, -0.1) is 5.10 Å². The Morgan fingerprint density at radius 2 is 2.40 bits per heavy atom. The van der Waals surface area contributed by atoms with Crippen LogP contribution in [0.3, 0.4) is 0 Å². The summed E-state index contributed by atoms with van der Waals surface area (Å²) in [6, 6.07) is -0.0654. The summed E-state index contributed by atoms with van der Waals surface area (Å²) >= 11 is 3.36. The highest BCUT2D eigenvalue weighted by molar-refractivity contribution is 9.10. The summed E-state index contributed by atoms with van der Waals surface area (Å²) in [5.74, 6) is 0.355. The lowest BCUT2D eigenvalue weighted by atomic mass is 9.95. The summed E-state index contributed by atoms with van der Waals surface area (Å²) in [6.07, 6.45) is 1.31. The van der Waals surface area contributed by atoms with Crippen LogP contribution in [0.25, 0.3) is 0 Å². The molecule has 1 aromatic heterocycles. The van der Waals surface area contributed by atoms with Crippen LogP contribution in [0.15, 0.2) is 4.60 Å². The molecule has 0 amide bonds. The molecule has 0 bridgehead atoms. The van der Waals surface area contributed by atoms with Crippen LogP contribution in [-0.4, -0.2) is 27.7 Å². The van der Waals surface area contributed by atoms with Crippen molar-refractivity contribution in [3.05, 3.63) is 10.3 Å². The number of ether oxygens (including phenoxy) is 1. The van der Waals surface area contributed by atoms with Gasteiger partial charge in [0.2, 0.25) is 0 Å². The summed E-state index contributed by atoms with van der Waals surface area (Å²) in [7, 11) is 1.85. The Balaban J connectivity index is 2.17. The van der Waals surface area contributed by atoms with Crippen molar-refractivity contribution in [2.45, 2.75) is 25.5 Å². The number of nitrogens with zero attached hydrogens (tertiary/aromatic N) is 3. The van der Waals surface area contributed by atoms with E-state index in [-0.39, 0.29) is 6.04 Å². The molecule has 6 heteroatoms. The van der Waals surface area contributed by atoms with E-state index in [1.165, 1.54) is 0 Å². The fraction of sp³-hybridized carbons (Fsp3) is 0.778. The van der Waals surface area contributed by atoms with Gasteiger partial charge in [0.15, 0.2) is 4.60 Å². The van der Waals surface area contributed by atoms with E-state index >= 15 is 0 Å². The van der Waals surface area contributed by atoms with Gasteiger partial charge in [-0.1, -0.05) is 5.21 Å². The molecule has 1 saturated heterocycles. The number of rotatable bonds is 2. The molecular formula is C9H15BrN4O. The van der Waals surface area contributed by atoms with Gasteiger partial charge in [-0.25, -0.2) is 4.68 Å². The average molecular weight is 275 g/mol. The molecule has 3 unspecified atom stereocenters. The maximum atomic E-state index is 6.20. The standard InChI is InChI=1S/C9H15BrN4O/c1-5-3-6(4-15-5)7(11)8-9(10)12-13-14(8)2/h5-7H,3-4,11H2,1-2H3. The van der Waals surface area contributed by atoms with Gasteiger partial charge in [-0.05, 0) is 29.3 Å². The average Bonchev–Trinajstić information content (AvgIpc) is 2.73. The molecule has 5 nitrogen and oxygen atoms in total. The van der Waals surface area contributed by atoms with E-state index in [1.54, 1.807) is 4.68 Å². The normalized spacial score (nSPS) is 28.3. The Labute approximate surface area is 97.1 Å². The number of hydrogen-bond acceptors (Lipinski definition) is 4. The van der Waals surface area contributed by atoms with Gasteiger partial charge in [-0.3, -0.25) is 0 Å². The zero-order valence-corrected chi connectivity index (χ0v) is 10.4. The van der Waals surface area contributed by atoms with Crippen molar-refractivity contribution >= 4 is 15.9 Å². The van der Waals surface area contributed by atoms with Crippen LogP contribution in [0.5, 0.6) is 0 Å². The monoisotopic (exact) mass is 274 g/mol. The molecule has 1 fully saturated rings. The Morgan fingerprint density at radius 1 is 1.67 bits per heavy atom. The van der Waals surface area contributed by atoms with Crippen molar-refractivity contribution < 1.29 is 4.74 Å². The Kier molecular flexibility index (Phi) is 3.08. The molecule has 1 aliphatic rings. The number of nitrogens with two attached hydrogens (primary N) is 1. The first kappa shape index (κ1) is 11.0. The van der Waals surface area contributed by atoms with Crippen LogP contribution in [0.1, 0.15) is 25.1 Å². The molecule has 0 aromatic carbocycles. The van der Waals surface area contributed by atoms with E-state index < -0.39 is 0 Å². The largest absolute Gasteiger partial charge is 0.378 e. The third kappa shape index (κ3) is 2.07. The van der Waals surface area contributed by atoms with E-state index in [0.29, 0.717) is 12.0 Å². The summed E-state index contributed by atoms with van der Waals surface area (Å²) in [5, 5.41) is 7.86. The lowest BCUT2D eigenvalue weighted by molar-refractivity contribution is 0.118. The maximum absolute atomic E-state index is 6.20. The lowest BCUT2D eigenvalue weighted by Gasteiger charge is -2.17. The molecule has 0 spiro atoms. The third-order valence-electron chi connectivity index (χ3n) is 2.88. The molecule has 3 atom stereocenters. The van der Waals surface area contributed by atoms with Gasteiger partial charge < -0.3 is 10.5 Å². The van der Waals surface area contributed by atoms with Crippen molar-refractivity contribution in [2.75, 3.05) is 6.61 Å². The third-order valence-corrected chi connectivity index (χ3v) is 3.44. The molecule has 0 aliphatic carbocycles. The van der Waals surface area contributed by atoms with Crippen LogP contribution in [0, 0.1) is 5.92 Å². The molecule has 1 aliphatic heterocycles. The molecule has 0 radical (unpaired) electrons. The Morgan fingerprint density at radius 3 is 2.87 bits per heavy atom. The van der Waals surface area contributed by atoms with Crippen LogP contribution >= 0.6 is 15.9 Å². The lowest BCUT2D eigenvalue weighted by Crippen LogP contribution is -2.24. The second-order valence-corrected chi connectivity index (χ2v) is 4.81. The number of aromatic nitrogens is 3. The molecule has 2 N–H and O–H groups in total.